The molecular formula is C33H48ClNO6S. The molecule has 1 N–H and O–H groups in total. The van der Waals surface area contributed by atoms with Crippen LogP contribution in [-0.4, -0.2) is 67.0 Å². The molecule has 0 aliphatic carbocycles. The van der Waals surface area contributed by atoms with Gasteiger partial charge in [0, 0.05) is 43.9 Å². The van der Waals surface area contributed by atoms with Gasteiger partial charge >= 0.3 is 0 Å². The van der Waals surface area contributed by atoms with Crippen LogP contribution in [0.25, 0.3) is 5.76 Å². The first kappa shape index (κ1) is 33.4. The lowest BCUT2D eigenvalue weighted by atomic mass is 9.88. The van der Waals surface area contributed by atoms with Gasteiger partial charge in [0.25, 0.3) is 0 Å². The van der Waals surface area contributed by atoms with E-state index in [0.717, 1.165) is 78.3 Å². The van der Waals surface area contributed by atoms with Gasteiger partial charge in [0.15, 0.2) is 0 Å². The zero-order valence-electron chi connectivity index (χ0n) is 25.6. The molecular weight excluding hydrogens is 574 g/mol. The van der Waals surface area contributed by atoms with E-state index in [9.17, 15) is 5.11 Å². The van der Waals surface area contributed by atoms with Crippen LogP contribution in [0.2, 0.25) is 5.02 Å². The van der Waals surface area contributed by atoms with Crippen molar-refractivity contribution in [1.29, 1.82) is 0 Å². The van der Waals surface area contributed by atoms with Crippen LogP contribution in [0, 0.1) is 0 Å². The van der Waals surface area contributed by atoms with Gasteiger partial charge in [-0.15, -0.1) is 11.3 Å². The summed E-state index contributed by atoms with van der Waals surface area (Å²) in [5.74, 6) is 0.912. The number of halogens is 1. The molecule has 0 amide bonds. The highest BCUT2D eigenvalue weighted by Gasteiger charge is 2.50. The van der Waals surface area contributed by atoms with Gasteiger partial charge in [0.05, 0.1) is 22.6 Å². The van der Waals surface area contributed by atoms with Gasteiger partial charge < -0.3 is 28.8 Å². The third kappa shape index (κ3) is 8.78. The van der Waals surface area contributed by atoms with E-state index in [1.54, 1.807) is 18.3 Å². The molecule has 1 fully saturated rings. The largest absolute Gasteiger partial charge is 0.492 e. The van der Waals surface area contributed by atoms with Gasteiger partial charge in [0.1, 0.15) is 36.3 Å². The Balaban J connectivity index is 1.64. The standard InChI is InChI=1S/C33H48ClNO6S/c1-5-8-15-38-31-29(22(4)36)41-30(32(39-16-9-6-2)33(31)40-17-10-7-3)23-13-14-25(34)24(19-23)20-28-35-21-27(42-28)26-12-11-18-37-26/h12-14,19,21-22,29-33,36H,5-11,15-18,20H2,1-4H3/t22?,29-,30+,31-,32+,33+/m1/s1. The van der Waals surface area contributed by atoms with Crippen LogP contribution < -0.4 is 0 Å². The predicted molar refractivity (Wildman–Crippen MR) is 168 cm³/mol. The smallest absolute Gasteiger partial charge is 0.134 e. The summed E-state index contributed by atoms with van der Waals surface area (Å²) in [7, 11) is 0. The molecule has 2 aliphatic heterocycles. The van der Waals surface area contributed by atoms with E-state index in [0.29, 0.717) is 31.3 Å². The first-order valence-corrected chi connectivity index (χ1v) is 16.9. The highest BCUT2D eigenvalue weighted by atomic mass is 35.5. The fourth-order valence-corrected chi connectivity index (χ4v) is 6.46. The molecule has 1 aromatic heterocycles. The van der Waals surface area contributed by atoms with Crippen molar-refractivity contribution >= 4 is 28.7 Å². The molecule has 3 heterocycles. The summed E-state index contributed by atoms with van der Waals surface area (Å²) in [6.07, 6.45) is 8.38. The van der Waals surface area contributed by atoms with Crippen LogP contribution >= 0.6 is 22.9 Å². The minimum atomic E-state index is -0.749. The first-order chi connectivity index (χ1) is 20.5. The highest BCUT2D eigenvalue weighted by Crippen LogP contribution is 2.40. The second kappa shape index (κ2) is 17.1. The number of nitrogens with zero attached hydrogens (tertiary/aromatic N) is 1. The van der Waals surface area contributed by atoms with Gasteiger partial charge in [-0.2, -0.15) is 0 Å². The normalized spacial score (nSPS) is 24.9. The van der Waals surface area contributed by atoms with Gasteiger partial charge in [-0.3, -0.25) is 0 Å². The average molecular weight is 622 g/mol. The molecule has 1 saturated heterocycles. The van der Waals surface area contributed by atoms with Crippen molar-refractivity contribution in [1.82, 2.24) is 4.98 Å². The van der Waals surface area contributed by atoms with E-state index in [-0.39, 0.29) is 6.10 Å². The van der Waals surface area contributed by atoms with E-state index >= 15 is 0 Å². The minimum Gasteiger partial charge on any atom is -0.492 e. The average Bonchev–Trinajstić information content (AvgIpc) is 3.68. The Kier molecular flexibility index (Phi) is 13.6. The molecule has 2 aromatic rings. The number of aliphatic hydroxyl groups is 1. The Hall–Kier alpha value is -1.52. The van der Waals surface area contributed by atoms with Crippen LogP contribution in [0.4, 0.5) is 0 Å². The molecule has 0 saturated carbocycles. The Morgan fingerprint density at radius 2 is 1.67 bits per heavy atom. The lowest BCUT2D eigenvalue weighted by molar-refractivity contribution is -0.275. The summed E-state index contributed by atoms with van der Waals surface area (Å²) in [6, 6.07) is 6.01. The number of ether oxygens (including phenoxy) is 5. The number of unbranched alkanes of at least 4 members (excludes halogenated alkanes) is 3. The summed E-state index contributed by atoms with van der Waals surface area (Å²) in [5.41, 5.74) is 1.90. The fourth-order valence-electron chi connectivity index (χ4n) is 5.35. The van der Waals surface area contributed by atoms with Crippen molar-refractivity contribution in [3.63, 3.8) is 0 Å². The molecule has 42 heavy (non-hydrogen) atoms. The summed E-state index contributed by atoms with van der Waals surface area (Å²) in [6.45, 7) is 10.7. The topological polar surface area (TPSA) is 79.3 Å². The summed E-state index contributed by atoms with van der Waals surface area (Å²) >= 11 is 8.35. The van der Waals surface area contributed by atoms with Crippen molar-refractivity contribution in [2.24, 2.45) is 0 Å². The Morgan fingerprint density at radius 3 is 2.29 bits per heavy atom. The molecule has 1 aromatic carbocycles. The monoisotopic (exact) mass is 621 g/mol. The quantitative estimate of drug-likeness (QED) is 0.183. The maximum atomic E-state index is 10.9. The van der Waals surface area contributed by atoms with Gasteiger partial charge in [-0.1, -0.05) is 63.8 Å². The molecule has 234 valence electrons. The van der Waals surface area contributed by atoms with E-state index in [4.69, 9.17) is 35.3 Å². The minimum absolute atomic E-state index is 0.385. The summed E-state index contributed by atoms with van der Waals surface area (Å²) in [4.78, 5) is 5.69. The molecule has 0 bridgehead atoms. The first-order valence-electron chi connectivity index (χ1n) is 15.7. The summed E-state index contributed by atoms with van der Waals surface area (Å²) in [5, 5.41) is 12.5. The molecule has 2 aliphatic rings. The number of rotatable bonds is 17. The van der Waals surface area contributed by atoms with Crippen molar-refractivity contribution in [3.05, 3.63) is 56.5 Å². The molecule has 1 unspecified atom stereocenters. The Bertz CT molecular complexity index is 1120. The van der Waals surface area contributed by atoms with Crippen molar-refractivity contribution in [3.8, 4) is 0 Å². The Labute approximate surface area is 260 Å². The van der Waals surface area contributed by atoms with Crippen LogP contribution in [0.5, 0.6) is 0 Å². The van der Waals surface area contributed by atoms with E-state index < -0.39 is 30.5 Å². The van der Waals surface area contributed by atoms with Gasteiger partial charge in [-0.05, 0) is 49.5 Å². The zero-order chi connectivity index (χ0) is 29.9. The predicted octanol–water partition coefficient (Wildman–Crippen LogP) is 7.53. The maximum Gasteiger partial charge on any atom is 0.134 e. The SMILES string of the molecule is CCCCO[C@@H]1[C@@H](OCCCC)[C@H](c2ccc(Cl)c(Cc3ncc(C4=CCCO4)s3)c2)O[C@H](C(C)O)[C@H]1OCCCC. The number of thiazole rings is 1. The maximum absolute atomic E-state index is 10.9. The number of aromatic nitrogens is 1. The van der Waals surface area contributed by atoms with Gasteiger partial charge in [-0.25, -0.2) is 4.98 Å². The number of hydrogen-bond acceptors (Lipinski definition) is 8. The lowest BCUT2D eigenvalue weighted by Gasteiger charge is -2.47. The van der Waals surface area contributed by atoms with Crippen LogP contribution in [0.3, 0.4) is 0 Å². The van der Waals surface area contributed by atoms with Crippen LogP contribution in [0.1, 0.15) is 99.8 Å². The molecule has 0 spiro atoms. The number of aliphatic hydroxyl groups excluding tert-OH is 1. The Morgan fingerprint density at radius 1 is 1.00 bits per heavy atom. The second-order valence-corrected chi connectivity index (χ2v) is 12.7. The third-order valence-corrected chi connectivity index (χ3v) is 9.10. The van der Waals surface area contributed by atoms with Crippen molar-refractivity contribution in [2.75, 3.05) is 26.4 Å². The molecule has 0 radical (unpaired) electrons. The fraction of sp³-hybridized carbons (Fsp3) is 0.667. The zero-order valence-corrected chi connectivity index (χ0v) is 27.1. The highest BCUT2D eigenvalue weighted by molar-refractivity contribution is 7.12. The van der Waals surface area contributed by atoms with E-state index in [2.05, 4.69) is 37.9 Å². The number of benzene rings is 1. The van der Waals surface area contributed by atoms with Gasteiger partial charge in [0.2, 0.25) is 0 Å². The van der Waals surface area contributed by atoms with Crippen LogP contribution in [-0.2, 0) is 30.1 Å². The van der Waals surface area contributed by atoms with Crippen molar-refractivity contribution in [2.45, 2.75) is 116 Å². The lowest BCUT2D eigenvalue weighted by Crippen LogP contribution is -2.60. The van der Waals surface area contributed by atoms with E-state index in [1.807, 2.05) is 18.3 Å². The van der Waals surface area contributed by atoms with E-state index in [1.165, 1.54) is 0 Å². The molecule has 4 rings (SSSR count). The van der Waals surface area contributed by atoms with Crippen LogP contribution in [0.15, 0.2) is 30.5 Å². The van der Waals surface area contributed by atoms with Crippen molar-refractivity contribution < 1.29 is 28.8 Å². The number of hydrogen-bond donors (Lipinski definition) is 1. The molecule has 9 heteroatoms. The molecule has 7 nitrogen and oxygen atoms in total. The molecule has 6 atom stereocenters. The third-order valence-electron chi connectivity index (χ3n) is 7.72. The summed E-state index contributed by atoms with van der Waals surface area (Å²) < 4.78 is 32.0. The second-order valence-electron chi connectivity index (χ2n) is 11.2.